The van der Waals surface area contributed by atoms with Crippen LogP contribution < -0.4 is 10.6 Å². The molecule has 0 atom stereocenters. The van der Waals surface area contributed by atoms with Gasteiger partial charge in [-0.1, -0.05) is 0 Å². The summed E-state index contributed by atoms with van der Waals surface area (Å²) in [6, 6.07) is 5.20. The smallest absolute Gasteiger partial charge is 0.329 e. The minimum atomic E-state index is -3.83. The number of aliphatic carboxylic acids is 1. The molecule has 1 saturated heterocycles. The third-order valence-electron chi connectivity index (χ3n) is 4.27. The molecule has 0 bridgehead atoms. The van der Waals surface area contributed by atoms with E-state index in [0.29, 0.717) is 12.8 Å². The Morgan fingerprint density at radius 3 is 2.36 bits per heavy atom. The van der Waals surface area contributed by atoms with Crippen LogP contribution in [0.15, 0.2) is 29.2 Å². The van der Waals surface area contributed by atoms with E-state index in [1.807, 2.05) is 0 Å². The van der Waals surface area contributed by atoms with Gasteiger partial charge in [0.2, 0.25) is 15.9 Å². The first-order valence-electron chi connectivity index (χ1n) is 7.67. The second kappa shape index (κ2) is 6.12. The summed E-state index contributed by atoms with van der Waals surface area (Å²) in [7, 11) is -3.83. The van der Waals surface area contributed by atoms with Crippen molar-refractivity contribution in [2.75, 3.05) is 19.6 Å². The van der Waals surface area contributed by atoms with E-state index in [2.05, 4.69) is 10.6 Å². The molecule has 2 amide bonds. The van der Waals surface area contributed by atoms with Crippen LogP contribution in [0.2, 0.25) is 0 Å². The van der Waals surface area contributed by atoms with E-state index in [-0.39, 0.29) is 36.0 Å². The standard InChI is InChI=1S/C15H17N3O6S/c19-12-9-18(8-7-16-12)25(23,24)11-3-1-10(2-4-11)13(20)17-15(5-6-15)14(21)22/h1-4H,5-9H2,(H,16,19)(H,17,20)(H,21,22). The van der Waals surface area contributed by atoms with Crippen molar-refractivity contribution in [1.29, 1.82) is 0 Å². The fourth-order valence-corrected chi connectivity index (χ4v) is 3.95. The first kappa shape index (κ1) is 17.4. The number of benzene rings is 1. The van der Waals surface area contributed by atoms with Crippen LogP contribution in [0.5, 0.6) is 0 Å². The zero-order valence-corrected chi connectivity index (χ0v) is 14.0. The molecule has 1 saturated carbocycles. The number of amides is 2. The number of nitrogens with one attached hydrogen (secondary N) is 2. The van der Waals surface area contributed by atoms with Crippen molar-refractivity contribution >= 4 is 27.8 Å². The molecule has 3 rings (SSSR count). The van der Waals surface area contributed by atoms with Gasteiger partial charge in [0, 0.05) is 18.7 Å². The lowest BCUT2D eigenvalue weighted by molar-refractivity contribution is -0.140. The molecule has 1 aromatic rings. The quantitative estimate of drug-likeness (QED) is 0.621. The molecule has 25 heavy (non-hydrogen) atoms. The Morgan fingerprint density at radius 1 is 1.20 bits per heavy atom. The highest BCUT2D eigenvalue weighted by Crippen LogP contribution is 2.35. The number of sulfonamides is 1. The topological polar surface area (TPSA) is 133 Å². The van der Waals surface area contributed by atoms with Gasteiger partial charge in [-0.05, 0) is 37.1 Å². The monoisotopic (exact) mass is 367 g/mol. The Labute approximate surface area is 144 Å². The van der Waals surface area contributed by atoms with E-state index in [1.54, 1.807) is 0 Å². The van der Waals surface area contributed by atoms with Gasteiger partial charge < -0.3 is 15.7 Å². The number of carbonyl (C=O) groups excluding carboxylic acids is 2. The van der Waals surface area contributed by atoms with E-state index in [4.69, 9.17) is 5.11 Å². The Morgan fingerprint density at radius 2 is 1.84 bits per heavy atom. The summed E-state index contributed by atoms with van der Waals surface area (Å²) >= 11 is 0. The van der Waals surface area contributed by atoms with Crippen LogP contribution in [-0.2, 0) is 19.6 Å². The number of nitrogens with zero attached hydrogens (tertiary/aromatic N) is 1. The fourth-order valence-electron chi connectivity index (χ4n) is 2.55. The van der Waals surface area contributed by atoms with Gasteiger partial charge in [0.05, 0.1) is 11.4 Å². The molecule has 1 heterocycles. The number of hydrogen-bond acceptors (Lipinski definition) is 5. The molecule has 0 spiro atoms. The van der Waals surface area contributed by atoms with Gasteiger partial charge in [-0.15, -0.1) is 0 Å². The van der Waals surface area contributed by atoms with Gasteiger partial charge in [0.25, 0.3) is 5.91 Å². The molecule has 1 aliphatic heterocycles. The maximum absolute atomic E-state index is 12.5. The molecule has 1 aliphatic carbocycles. The van der Waals surface area contributed by atoms with Crippen molar-refractivity contribution in [3.63, 3.8) is 0 Å². The van der Waals surface area contributed by atoms with Gasteiger partial charge >= 0.3 is 5.97 Å². The number of carboxylic acid groups (broad SMARTS) is 1. The average Bonchev–Trinajstić information content (AvgIpc) is 3.36. The van der Waals surface area contributed by atoms with Crippen molar-refractivity contribution in [2.45, 2.75) is 23.3 Å². The Hall–Kier alpha value is -2.46. The molecule has 134 valence electrons. The van der Waals surface area contributed by atoms with E-state index < -0.39 is 27.4 Å². The molecule has 0 unspecified atom stereocenters. The van der Waals surface area contributed by atoms with Crippen LogP contribution in [0.4, 0.5) is 0 Å². The molecule has 2 fully saturated rings. The normalized spacial score (nSPS) is 19.8. The maximum atomic E-state index is 12.5. The highest BCUT2D eigenvalue weighted by Gasteiger charge is 2.51. The van der Waals surface area contributed by atoms with Crippen LogP contribution in [0.3, 0.4) is 0 Å². The zero-order valence-electron chi connectivity index (χ0n) is 13.2. The third kappa shape index (κ3) is 3.35. The largest absolute Gasteiger partial charge is 0.480 e. The molecule has 9 nitrogen and oxygen atoms in total. The second-order valence-electron chi connectivity index (χ2n) is 6.05. The second-order valence-corrected chi connectivity index (χ2v) is 7.99. The van der Waals surface area contributed by atoms with E-state index in [1.165, 1.54) is 24.3 Å². The molecular weight excluding hydrogens is 350 g/mol. The number of piperazine rings is 1. The molecule has 10 heteroatoms. The minimum Gasteiger partial charge on any atom is -0.480 e. The summed E-state index contributed by atoms with van der Waals surface area (Å²) in [4.78, 5) is 34.6. The lowest BCUT2D eigenvalue weighted by Gasteiger charge is -2.25. The van der Waals surface area contributed by atoms with E-state index >= 15 is 0 Å². The van der Waals surface area contributed by atoms with Crippen LogP contribution in [-0.4, -0.2) is 60.8 Å². The summed E-state index contributed by atoms with van der Waals surface area (Å²) in [5.41, 5.74) is -1.04. The molecule has 0 radical (unpaired) electrons. The van der Waals surface area contributed by atoms with Crippen LogP contribution >= 0.6 is 0 Å². The van der Waals surface area contributed by atoms with Gasteiger partial charge in [0.15, 0.2) is 0 Å². The summed E-state index contributed by atoms with van der Waals surface area (Å²) in [5.74, 6) is -2.01. The van der Waals surface area contributed by atoms with Gasteiger partial charge in [-0.25, -0.2) is 13.2 Å². The average molecular weight is 367 g/mol. The van der Waals surface area contributed by atoms with E-state index in [9.17, 15) is 22.8 Å². The number of carboxylic acids is 1. The Balaban J connectivity index is 1.74. The summed E-state index contributed by atoms with van der Waals surface area (Å²) < 4.78 is 26.1. The maximum Gasteiger partial charge on any atom is 0.329 e. The molecule has 0 aromatic heterocycles. The third-order valence-corrected chi connectivity index (χ3v) is 6.13. The lowest BCUT2D eigenvalue weighted by Crippen LogP contribution is -2.49. The van der Waals surface area contributed by atoms with Crippen LogP contribution in [0.25, 0.3) is 0 Å². The fraction of sp³-hybridized carbons (Fsp3) is 0.400. The van der Waals surface area contributed by atoms with Gasteiger partial charge in [0.1, 0.15) is 5.54 Å². The van der Waals surface area contributed by atoms with Crippen molar-refractivity contribution < 1.29 is 27.9 Å². The molecule has 1 aromatic carbocycles. The van der Waals surface area contributed by atoms with E-state index in [0.717, 1.165) is 4.31 Å². The SMILES string of the molecule is O=C1CN(S(=O)(=O)c2ccc(C(=O)NC3(C(=O)O)CC3)cc2)CCN1. The first-order valence-corrected chi connectivity index (χ1v) is 9.11. The number of hydrogen-bond donors (Lipinski definition) is 3. The summed E-state index contributed by atoms with van der Waals surface area (Å²) in [5, 5.41) is 14.1. The molecule has 3 N–H and O–H groups in total. The van der Waals surface area contributed by atoms with Crippen molar-refractivity contribution in [3.05, 3.63) is 29.8 Å². The summed E-state index contributed by atoms with van der Waals surface area (Å²) in [6.07, 6.45) is 0.745. The number of carbonyl (C=O) groups is 3. The molecule has 2 aliphatic rings. The Kier molecular flexibility index (Phi) is 4.25. The van der Waals surface area contributed by atoms with Gasteiger partial charge in [-0.2, -0.15) is 4.31 Å². The number of rotatable bonds is 5. The highest BCUT2D eigenvalue weighted by atomic mass is 32.2. The van der Waals surface area contributed by atoms with Crippen molar-refractivity contribution in [3.8, 4) is 0 Å². The highest BCUT2D eigenvalue weighted by molar-refractivity contribution is 7.89. The van der Waals surface area contributed by atoms with Crippen LogP contribution in [0, 0.1) is 0 Å². The van der Waals surface area contributed by atoms with Crippen molar-refractivity contribution in [2.24, 2.45) is 0 Å². The predicted molar refractivity (Wildman–Crippen MR) is 85.3 cm³/mol. The zero-order chi connectivity index (χ0) is 18.2. The first-order chi connectivity index (χ1) is 11.7. The minimum absolute atomic E-state index is 0.0295. The predicted octanol–water partition coefficient (Wildman–Crippen LogP) is -0.846. The molecular formula is C15H17N3O6S. The lowest BCUT2D eigenvalue weighted by atomic mass is 10.2. The van der Waals surface area contributed by atoms with Gasteiger partial charge in [-0.3, -0.25) is 9.59 Å². The van der Waals surface area contributed by atoms with Crippen molar-refractivity contribution in [1.82, 2.24) is 14.9 Å². The van der Waals surface area contributed by atoms with Crippen LogP contribution in [0.1, 0.15) is 23.2 Å². The Bertz CT molecular complexity index is 829. The summed E-state index contributed by atoms with van der Waals surface area (Å²) in [6.45, 7) is 0.180.